The molecule has 3 rings (SSSR count). The second kappa shape index (κ2) is 9.00. The normalized spacial score (nSPS) is 16.5. The Balaban J connectivity index is 1.66. The van der Waals surface area contributed by atoms with E-state index in [4.69, 9.17) is 21.1 Å². The first-order valence-electron chi connectivity index (χ1n) is 8.85. The van der Waals surface area contributed by atoms with Gasteiger partial charge < -0.3 is 14.8 Å². The van der Waals surface area contributed by atoms with Crippen LogP contribution in [0, 0.1) is 0 Å². The van der Waals surface area contributed by atoms with E-state index in [2.05, 4.69) is 5.32 Å². The predicted octanol–water partition coefficient (Wildman–Crippen LogP) is 2.36. The van der Waals surface area contributed by atoms with Crippen molar-refractivity contribution in [3.63, 3.8) is 0 Å². The van der Waals surface area contributed by atoms with Crippen LogP contribution in [-0.2, 0) is 21.5 Å². The molecule has 1 heterocycles. The molecule has 0 saturated carbocycles. The first-order chi connectivity index (χ1) is 13.8. The van der Waals surface area contributed by atoms with Crippen molar-refractivity contribution in [2.75, 3.05) is 39.2 Å². The molecular weight excluding hydrogens is 418 g/mol. The summed E-state index contributed by atoms with van der Waals surface area (Å²) < 4.78 is 38.4. The fourth-order valence-electron chi connectivity index (χ4n) is 3.01. The lowest BCUT2D eigenvalue weighted by molar-refractivity contribution is -0.116. The van der Waals surface area contributed by atoms with Crippen LogP contribution in [0.3, 0.4) is 0 Å². The SMILES string of the molecule is COc1ccc(NC(=O)CN2CCN(Cc3ccccc3Cl)S2(=O)=O)c(OC)c1. The summed E-state index contributed by atoms with van der Waals surface area (Å²) in [6.07, 6.45) is 0. The molecule has 0 unspecified atom stereocenters. The number of carbonyl (C=O) groups is 1. The van der Waals surface area contributed by atoms with E-state index < -0.39 is 16.1 Å². The third kappa shape index (κ3) is 4.81. The van der Waals surface area contributed by atoms with Gasteiger partial charge in [-0.2, -0.15) is 17.0 Å². The summed E-state index contributed by atoms with van der Waals surface area (Å²) in [5.74, 6) is 0.538. The first kappa shape index (κ1) is 21.4. The molecule has 1 saturated heterocycles. The van der Waals surface area contributed by atoms with Crippen molar-refractivity contribution in [3.8, 4) is 11.5 Å². The molecule has 1 aliphatic rings. The van der Waals surface area contributed by atoms with Crippen molar-refractivity contribution < 1.29 is 22.7 Å². The van der Waals surface area contributed by atoms with E-state index in [1.807, 2.05) is 0 Å². The Labute approximate surface area is 175 Å². The quantitative estimate of drug-likeness (QED) is 0.715. The highest BCUT2D eigenvalue weighted by Crippen LogP contribution is 2.29. The zero-order chi connectivity index (χ0) is 21.0. The lowest BCUT2D eigenvalue weighted by atomic mass is 10.2. The molecule has 0 aliphatic carbocycles. The summed E-state index contributed by atoms with van der Waals surface area (Å²) >= 11 is 6.14. The number of rotatable bonds is 7. The Kier molecular flexibility index (Phi) is 6.63. The van der Waals surface area contributed by atoms with E-state index in [0.717, 1.165) is 4.31 Å². The Morgan fingerprint density at radius 3 is 2.52 bits per heavy atom. The van der Waals surface area contributed by atoms with E-state index in [0.29, 0.717) is 27.8 Å². The van der Waals surface area contributed by atoms with Gasteiger partial charge in [-0.25, -0.2) is 0 Å². The summed E-state index contributed by atoms with van der Waals surface area (Å²) in [6.45, 7) is 0.371. The van der Waals surface area contributed by atoms with Crippen molar-refractivity contribution in [2.24, 2.45) is 0 Å². The van der Waals surface area contributed by atoms with Gasteiger partial charge in [-0.05, 0) is 23.8 Å². The average molecular weight is 440 g/mol. The Bertz CT molecular complexity index is 999. The van der Waals surface area contributed by atoms with Crippen LogP contribution >= 0.6 is 11.6 Å². The van der Waals surface area contributed by atoms with Gasteiger partial charge in [0.25, 0.3) is 10.2 Å². The number of ether oxygens (including phenoxy) is 2. The molecular formula is C19H22ClN3O5S. The zero-order valence-corrected chi connectivity index (χ0v) is 17.7. The van der Waals surface area contributed by atoms with Crippen LogP contribution in [0.15, 0.2) is 42.5 Å². The van der Waals surface area contributed by atoms with E-state index in [1.54, 1.807) is 42.5 Å². The lowest BCUT2D eigenvalue weighted by Crippen LogP contribution is -2.37. The topological polar surface area (TPSA) is 88.2 Å². The second-order valence-electron chi connectivity index (χ2n) is 6.38. The number of nitrogens with one attached hydrogen (secondary N) is 1. The molecule has 29 heavy (non-hydrogen) atoms. The van der Waals surface area contributed by atoms with E-state index in [-0.39, 0.29) is 26.2 Å². The molecule has 8 nitrogen and oxygen atoms in total. The van der Waals surface area contributed by atoms with Crippen LogP contribution in [0.2, 0.25) is 5.02 Å². The van der Waals surface area contributed by atoms with Gasteiger partial charge in [0.15, 0.2) is 0 Å². The van der Waals surface area contributed by atoms with Crippen LogP contribution in [0.5, 0.6) is 11.5 Å². The van der Waals surface area contributed by atoms with Gasteiger partial charge in [0, 0.05) is 30.7 Å². The highest BCUT2D eigenvalue weighted by Gasteiger charge is 2.37. The van der Waals surface area contributed by atoms with Gasteiger partial charge in [-0.15, -0.1) is 0 Å². The Morgan fingerprint density at radius 1 is 1.10 bits per heavy atom. The molecule has 0 bridgehead atoms. The van der Waals surface area contributed by atoms with E-state index in [9.17, 15) is 13.2 Å². The van der Waals surface area contributed by atoms with Gasteiger partial charge in [-0.1, -0.05) is 29.8 Å². The van der Waals surface area contributed by atoms with Gasteiger partial charge >= 0.3 is 0 Å². The van der Waals surface area contributed by atoms with Gasteiger partial charge in [0.05, 0.1) is 26.5 Å². The molecule has 0 aromatic heterocycles. The Morgan fingerprint density at radius 2 is 1.83 bits per heavy atom. The summed E-state index contributed by atoms with van der Waals surface area (Å²) in [5, 5.41) is 3.19. The molecule has 156 valence electrons. The number of nitrogens with zero attached hydrogens (tertiary/aromatic N) is 2. The molecule has 0 spiro atoms. The number of benzene rings is 2. The van der Waals surface area contributed by atoms with Crippen LogP contribution in [0.4, 0.5) is 5.69 Å². The van der Waals surface area contributed by atoms with Crippen LogP contribution in [-0.4, -0.2) is 56.8 Å². The lowest BCUT2D eigenvalue weighted by Gasteiger charge is -2.19. The van der Waals surface area contributed by atoms with Gasteiger partial charge in [-0.3, -0.25) is 4.79 Å². The maximum atomic E-state index is 12.8. The number of amides is 1. The second-order valence-corrected chi connectivity index (χ2v) is 8.72. The number of carbonyl (C=O) groups excluding carboxylic acids is 1. The molecule has 1 amide bonds. The Hall–Kier alpha value is -2.33. The van der Waals surface area contributed by atoms with Crippen molar-refractivity contribution in [1.29, 1.82) is 0 Å². The standard InChI is InChI=1S/C19H22ClN3O5S/c1-27-15-7-8-17(18(11-15)28-2)21-19(24)13-23-10-9-22(29(23,25)26)12-14-5-3-4-6-16(14)20/h3-8,11H,9-10,12-13H2,1-2H3,(H,21,24). The van der Waals surface area contributed by atoms with Crippen LogP contribution < -0.4 is 14.8 Å². The maximum absolute atomic E-state index is 12.8. The fraction of sp³-hybridized carbons (Fsp3) is 0.316. The van der Waals surface area contributed by atoms with Gasteiger partial charge in [0.1, 0.15) is 11.5 Å². The number of halogens is 1. The van der Waals surface area contributed by atoms with Crippen molar-refractivity contribution in [3.05, 3.63) is 53.1 Å². The van der Waals surface area contributed by atoms with Crippen molar-refractivity contribution >= 4 is 33.4 Å². The smallest absolute Gasteiger partial charge is 0.282 e. The first-order valence-corrected chi connectivity index (χ1v) is 10.6. The van der Waals surface area contributed by atoms with Crippen molar-refractivity contribution in [2.45, 2.75) is 6.54 Å². The van der Waals surface area contributed by atoms with Crippen LogP contribution in [0.1, 0.15) is 5.56 Å². The molecule has 1 N–H and O–H groups in total. The summed E-state index contributed by atoms with van der Waals surface area (Å²) in [5.41, 5.74) is 1.15. The van der Waals surface area contributed by atoms with Crippen LogP contribution in [0.25, 0.3) is 0 Å². The summed E-state index contributed by atoms with van der Waals surface area (Å²) in [7, 11) is -0.759. The molecule has 1 fully saturated rings. The highest BCUT2D eigenvalue weighted by molar-refractivity contribution is 7.87. The number of anilines is 1. The number of hydrogen-bond acceptors (Lipinski definition) is 5. The average Bonchev–Trinajstić information content (AvgIpc) is 2.97. The zero-order valence-electron chi connectivity index (χ0n) is 16.1. The van der Waals surface area contributed by atoms with Crippen molar-refractivity contribution in [1.82, 2.24) is 8.61 Å². The number of methoxy groups -OCH3 is 2. The van der Waals surface area contributed by atoms with Gasteiger partial charge in [0.2, 0.25) is 5.91 Å². The maximum Gasteiger partial charge on any atom is 0.282 e. The largest absolute Gasteiger partial charge is 0.497 e. The molecule has 2 aromatic carbocycles. The molecule has 1 aliphatic heterocycles. The minimum atomic E-state index is -3.76. The minimum absolute atomic E-state index is 0.159. The molecule has 2 aromatic rings. The highest BCUT2D eigenvalue weighted by atomic mass is 35.5. The third-order valence-corrected chi connectivity index (χ3v) is 6.86. The van der Waals surface area contributed by atoms with E-state index in [1.165, 1.54) is 18.5 Å². The minimum Gasteiger partial charge on any atom is -0.497 e. The predicted molar refractivity (Wildman–Crippen MR) is 111 cm³/mol. The fourth-order valence-corrected chi connectivity index (χ4v) is 4.74. The monoisotopic (exact) mass is 439 g/mol. The molecule has 0 radical (unpaired) electrons. The summed E-state index contributed by atoms with van der Waals surface area (Å²) in [4.78, 5) is 12.5. The number of hydrogen-bond donors (Lipinski definition) is 1. The molecule has 0 atom stereocenters. The molecule has 10 heteroatoms. The summed E-state index contributed by atoms with van der Waals surface area (Å²) in [6, 6.07) is 12.0. The third-order valence-electron chi connectivity index (χ3n) is 4.56. The van der Waals surface area contributed by atoms with E-state index >= 15 is 0 Å².